The van der Waals surface area contributed by atoms with Crippen LogP contribution in [0.2, 0.25) is 0 Å². The molecule has 3 heterocycles. The SMILES string of the molecule is C[C@]12C=C[C@@H](O1)[C@H]1C(=O)N(c3ccccc3)C(=O)[C@@H]12. The minimum atomic E-state index is -0.619. The molecule has 96 valence electrons. The lowest BCUT2D eigenvalue weighted by Gasteiger charge is -2.24. The van der Waals surface area contributed by atoms with Gasteiger partial charge in [0.15, 0.2) is 0 Å². The lowest BCUT2D eigenvalue weighted by molar-refractivity contribution is -0.126. The van der Waals surface area contributed by atoms with Crippen molar-refractivity contribution < 1.29 is 14.3 Å². The highest BCUT2D eigenvalue weighted by atomic mass is 16.5. The summed E-state index contributed by atoms with van der Waals surface area (Å²) in [5, 5.41) is 0. The summed E-state index contributed by atoms with van der Waals surface area (Å²) in [5.41, 5.74) is 0.0286. The molecular formula is C15H13NO3. The van der Waals surface area contributed by atoms with Crippen molar-refractivity contribution in [2.45, 2.75) is 18.6 Å². The minimum Gasteiger partial charge on any atom is -0.362 e. The molecule has 1 aromatic carbocycles. The Morgan fingerprint density at radius 3 is 2.58 bits per heavy atom. The normalized spacial score (nSPS) is 39.2. The van der Waals surface area contributed by atoms with E-state index in [1.54, 1.807) is 12.1 Å². The largest absolute Gasteiger partial charge is 0.362 e. The van der Waals surface area contributed by atoms with Gasteiger partial charge in [0, 0.05) is 0 Å². The summed E-state index contributed by atoms with van der Waals surface area (Å²) in [6, 6.07) is 9.10. The third-order valence-corrected chi connectivity index (χ3v) is 4.34. The number of fused-ring (bicyclic) bond motifs is 5. The van der Waals surface area contributed by atoms with E-state index in [1.807, 2.05) is 37.3 Å². The average molecular weight is 255 g/mol. The van der Waals surface area contributed by atoms with Crippen molar-refractivity contribution in [1.29, 1.82) is 0 Å². The molecule has 0 aliphatic carbocycles. The molecule has 0 spiro atoms. The number of benzene rings is 1. The average Bonchev–Trinajstić information content (AvgIpc) is 3.00. The maximum atomic E-state index is 12.6. The van der Waals surface area contributed by atoms with E-state index in [-0.39, 0.29) is 29.8 Å². The second-order valence-corrected chi connectivity index (χ2v) is 5.48. The van der Waals surface area contributed by atoms with Crippen LogP contribution in [0.25, 0.3) is 0 Å². The molecule has 3 aliphatic rings. The molecule has 4 rings (SSSR count). The number of hydrogen-bond acceptors (Lipinski definition) is 3. The molecule has 2 bridgehead atoms. The second-order valence-electron chi connectivity index (χ2n) is 5.48. The number of rotatable bonds is 1. The van der Waals surface area contributed by atoms with Crippen molar-refractivity contribution in [3.05, 3.63) is 42.5 Å². The first-order chi connectivity index (χ1) is 9.12. The van der Waals surface area contributed by atoms with Crippen LogP contribution in [0.1, 0.15) is 6.92 Å². The zero-order valence-electron chi connectivity index (χ0n) is 10.4. The highest BCUT2D eigenvalue weighted by molar-refractivity contribution is 6.23. The first-order valence-electron chi connectivity index (χ1n) is 6.42. The maximum Gasteiger partial charge on any atom is 0.241 e. The summed E-state index contributed by atoms with van der Waals surface area (Å²) in [4.78, 5) is 26.4. The highest BCUT2D eigenvalue weighted by Crippen LogP contribution is 2.52. The van der Waals surface area contributed by atoms with Gasteiger partial charge in [-0.05, 0) is 19.1 Å². The van der Waals surface area contributed by atoms with E-state index >= 15 is 0 Å². The second kappa shape index (κ2) is 3.33. The molecule has 4 nitrogen and oxygen atoms in total. The Bertz CT molecular complexity index is 609. The van der Waals surface area contributed by atoms with E-state index in [0.29, 0.717) is 5.69 Å². The standard InChI is InChI=1S/C15H13NO3/c1-15-8-7-10(19-15)11-12(15)14(18)16(13(11)17)9-5-3-2-4-6-9/h2-8,10-12H,1H3/t10-,11-,12-,15-/m1/s1. The molecule has 2 amide bonds. The van der Waals surface area contributed by atoms with Crippen LogP contribution in [0.3, 0.4) is 0 Å². The van der Waals surface area contributed by atoms with Gasteiger partial charge in [0.05, 0.1) is 29.2 Å². The highest BCUT2D eigenvalue weighted by Gasteiger charge is 2.65. The van der Waals surface area contributed by atoms with Gasteiger partial charge in [0.25, 0.3) is 0 Å². The van der Waals surface area contributed by atoms with E-state index in [1.165, 1.54) is 4.90 Å². The van der Waals surface area contributed by atoms with E-state index in [0.717, 1.165) is 0 Å². The number of amides is 2. The third-order valence-electron chi connectivity index (χ3n) is 4.34. The molecule has 3 aliphatic heterocycles. The van der Waals surface area contributed by atoms with Crippen LogP contribution in [0.15, 0.2) is 42.5 Å². The number of para-hydroxylation sites is 1. The fourth-order valence-corrected chi connectivity index (χ4v) is 3.48. The van der Waals surface area contributed by atoms with Crippen molar-refractivity contribution in [3.63, 3.8) is 0 Å². The van der Waals surface area contributed by atoms with Crippen LogP contribution in [-0.2, 0) is 14.3 Å². The smallest absolute Gasteiger partial charge is 0.241 e. The molecule has 2 saturated heterocycles. The summed E-state index contributed by atoms with van der Waals surface area (Å²) in [7, 11) is 0. The molecule has 2 fully saturated rings. The number of imide groups is 1. The number of carbonyl (C=O) groups excluding carboxylic acids is 2. The van der Waals surface area contributed by atoms with Gasteiger partial charge in [-0.15, -0.1) is 0 Å². The molecule has 0 unspecified atom stereocenters. The summed E-state index contributed by atoms with van der Waals surface area (Å²) in [6.45, 7) is 1.88. The molecule has 4 heteroatoms. The molecule has 0 saturated carbocycles. The van der Waals surface area contributed by atoms with Gasteiger partial charge in [-0.25, -0.2) is 4.90 Å². The Hall–Kier alpha value is -1.94. The first-order valence-corrected chi connectivity index (χ1v) is 6.42. The van der Waals surface area contributed by atoms with E-state index < -0.39 is 5.60 Å². The molecule has 0 N–H and O–H groups in total. The Labute approximate surface area is 110 Å². The van der Waals surface area contributed by atoms with Crippen molar-refractivity contribution in [2.75, 3.05) is 4.90 Å². The van der Waals surface area contributed by atoms with Gasteiger partial charge in [-0.2, -0.15) is 0 Å². The molecule has 1 aromatic rings. The molecule has 0 radical (unpaired) electrons. The van der Waals surface area contributed by atoms with E-state index in [2.05, 4.69) is 0 Å². The number of ether oxygens (including phenoxy) is 1. The van der Waals surface area contributed by atoms with Crippen LogP contribution in [0.5, 0.6) is 0 Å². The molecule has 19 heavy (non-hydrogen) atoms. The van der Waals surface area contributed by atoms with Crippen molar-refractivity contribution in [3.8, 4) is 0 Å². The Morgan fingerprint density at radius 2 is 1.89 bits per heavy atom. The van der Waals surface area contributed by atoms with Crippen LogP contribution in [-0.4, -0.2) is 23.5 Å². The van der Waals surface area contributed by atoms with E-state index in [4.69, 9.17) is 4.74 Å². The predicted octanol–water partition coefficient (Wildman–Crippen LogP) is 1.52. The fourth-order valence-electron chi connectivity index (χ4n) is 3.48. The summed E-state index contributed by atoms with van der Waals surface area (Å²) >= 11 is 0. The lowest BCUT2D eigenvalue weighted by atomic mass is 9.78. The molecular weight excluding hydrogens is 242 g/mol. The van der Waals surface area contributed by atoms with Crippen molar-refractivity contribution >= 4 is 17.5 Å². The van der Waals surface area contributed by atoms with Gasteiger partial charge in [-0.1, -0.05) is 30.4 Å². The quantitative estimate of drug-likeness (QED) is 0.564. The fraction of sp³-hybridized carbons (Fsp3) is 0.333. The van der Waals surface area contributed by atoms with Crippen LogP contribution in [0.4, 0.5) is 5.69 Å². The minimum absolute atomic E-state index is 0.140. The van der Waals surface area contributed by atoms with Crippen molar-refractivity contribution in [1.82, 2.24) is 0 Å². The molecule has 0 aromatic heterocycles. The first kappa shape index (κ1) is 10.9. The number of hydrogen-bond donors (Lipinski definition) is 0. The van der Waals surface area contributed by atoms with Gasteiger partial charge < -0.3 is 4.74 Å². The Morgan fingerprint density at radius 1 is 1.16 bits per heavy atom. The maximum absolute atomic E-state index is 12.6. The number of carbonyl (C=O) groups is 2. The van der Waals surface area contributed by atoms with Crippen LogP contribution in [0, 0.1) is 11.8 Å². The Kier molecular flexibility index (Phi) is 1.92. The van der Waals surface area contributed by atoms with E-state index in [9.17, 15) is 9.59 Å². The van der Waals surface area contributed by atoms with Crippen molar-refractivity contribution in [2.24, 2.45) is 11.8 Å². The van der Waals surface area contributed by atoms with Crippen LogP contribution < -0.4 is 4.90 Å². The summed E-state index contributed by atoms with van der Waals surface area (Å²) in [6.07, 6.45) is 3.57. The zero-order valence-corrected chi connectivity index (χ0v) is 10.4. The van der Waals surface area contributed by atoms with Gasteiger partial charge in [0.1, 0.15) is 0 Å². The summed E-state index contributed by atoms with van der Waals surface area (Å²) in [5.74, 6) is -1.02. The van der Waals surface area contributed by atoms with Gasteiger partial charge in [-0.3, -0.25) is 9.59 Å². The lowest BCUT2D eigenvalue weighted by Crippen LogP contribution is -2.38. The number of anilines is 1. The zero-order chi connectivity index (χ0) is 13.2. The third kappa shape index (κ3) is 1.22. The molecule has 4 atom stereocenters. The van der Waals surface area contributed by atoms with Crippen LogP contribution >= 0.6 is 0 Å². The summed E-state index contributed by atoms with van der Waals surface area (Å²) < 4.78 is 5.77. The topological polar surface area (TPSA) is 46.6 Å². The monoisotopic (exact) mass is 255 g/mol. The predicted molar refractivity (Wildman–Crippen MR) is 68.3 cm³/mol. The number of nitrogens with zero attached hydrogens (tertiary/aromatic N) is 1. The Balaban J connectivity index is 1.80. The van der Waals surface area contributed by atoms with Gasteiger partial charge in [0.2, 0.25) is 11.8 Å². The van der Waals surface area contributed by atoms with Gasteiger partial charge >= 0.3 is 0 Å².